The number of carbonyl (C=O) groups excluding carboxylic acids is 1. The van der Waals surface area contributed by atoms with Crippen LogP contribution in [0.1, 0.15) is 25.6 Å². The molecule has 0 aliphatic rings. The predicted octanol–water partition coefficient (Wildman–Crippen LogP) is 1.31. The number of nitrogens with one attached hydrogen (secondary N) is 2. The van der Waals surface area contributed by atoms with E-state index >= 15 is 0 Å². The maximum absolute atomic E-state index is 11.7. The van der Waals surface area contributed by atoms with E-state index in [-0.39, 0.29) is 12.5 Å². The van der Waals surface area contributed by atoms with Crippen molar-refractivity contribution in [3.8, 4) is 11.4 Å². The van der Waals surface area contributed by atoms with Gasteiger partial charge in [0, 0.05) is 12.2 Å². The van der Waals surface area contributed by atoms with Gasteiger partial charge in [-0.15, -0.1) is 5.10 Å². The van der Waals surface area contributed by atoms with Gasteiger partial charge in [0.25, 0.3) is 0 Å². The fraction of sp³-hybridized carbons (Fsp3) is 0.467. The van der Waals surface area contributed by atoms with E-state index in [9.17, 15) is 4.79 Å². The summed E-state index contributed by atoms with van der Waals surface area (Å²) in [6.07, 6.45) is 2.04. The molecule has 1 aromatic heterocycles. The maximum Gasteiger partial charge on any atom is 0.239 e. The molecule has 1 aromatic carbocycles. The average molecular weight is 318 g/mol. The minimum atomic E-state index is -0.0329. The molecule has 0 spiro atoms. The van der Waals surface area contributed by atoms with Crippen LogP contribution in [0.5, 0.6) is 5.75 Å². The summed E-state index contributed by atoms with van der Waals surface area (Å²) < 4.78 is 6.94. The number of aryl methyl sites for hydroxylation is 1. The highest BCUT2D eigenvalue weighted by molar-refractivity contribution is 5.80. The molecule has 0 fully saturated rings. The summed E-state index contributed by atoms with van der Waals surface area (Å²) in [6.45, 7) is 4.81. The molecule has 0 aliphatic heterocycles. The molecule has 8 nitrogen and oxygen atoms in total. The summed E-state index contributed by atoms with van der Waals surface area (Å²) in [5.74, 6) is 1.27. The van der Waals surface area contributed by atoms with Crippen molar-refractivity contribution in [2.75, 3.05) is 25.5 Å². The second kappa shape index (κ2) is 8.11. The van der Waals surface area contributed by atoms with Gasteiger partial charge in [0.2, 0.25) is 5.91 Å². The Kier molecular flexibility index (Phi) is 5.90. The van der Waals surface area contributed by atoms with Crippen LogP contribution in [0.3, 0.4) is 0 Å². The van der Waals surface area contributed by atoms with E-state index < -0.39 is 0 Å². The van der Waals surface area contributed by atoms with Crippen LogP contribution in [0.25, 0.3) is 5.69 Å². The number of tetrazole rings is 1. The van der Waals surface area contributed by atoms with Gasteiger partial charge in [-0.05, 0) is 42.0 Å². The van der Waals surface area contributed by atoms with Crippen molar-refractivity contribution in [1.29, 1.82) is 0 Å². The van der Waals surface area contributed by atoms with Gasteiger partial charge >= 0.3 is 0 Å². The van der Waals surface area contributed by atoms with E-state index in [1.807, 2.05) is 18.2 Å². The number of benzene rings is 1. The number of rotatable bonds is 8. The normalized spacial score (nSPS) is 10.4. The first kappa shape index (κ1) is 16.7. The van der Waals surface area contributed by atoms with E-state index in [0.29, 0.717) is 23.8 Å². The van der Waals surface area contributed by atoms with Gasteiger partial charge in [-0.25, -0.2) is 0 Å². The number of hydrogen-bond donors (Lipinski definition) is 2. The zero-order chi connectivity index (χ0) is 16.7. The summed E-state index contributed by atoms with van der Waals surface area (Å²) in [5, 5.41) is 17.4. The molecule has 0 unspecified atom stereocenters. The molecule has 23 heavy (non-hydrogen) atoms. The topological polar surface area (TPSA) is 94.0 Å². The molecule has 0 saturated carbocycles. The molecule has 0 atom stereocenters. The molecular formula is C15H22N6O2. The SMILES string of the molecule is CCCCNC(=O)CNc1ccc(OC)c(-n2nnnc2C)c1. The van der Waals surface area contributed by atoms with Crippen LogP contribution in [0.2, 0.25) is 0 Å². The lowest BCUT2D eigenvalue weighted by Gasteiger charge is -2.12. The highest BCUT2D eigenvalue weighted by atomic mass is 16.5. The Morgan fingerprint density at radius 3 is 2.87 bits per heavy atom. The number of aromatic nitrogens is 4. The lowest BCUT2D eigenvalue weighted by Crippen LogP contribution is -2.30. The highest BCUT2D eigenvalue weighted by Gasteiger charge is 2.11. The number of ether oxygens (including phenoxy) is 1. The molecule has 2 rings (SSSR count). The number of carbonyl (C=O) groups is 1. The molecule has 2 aromatic rings. The quantitative estimate of drug-likeness (QED) is 0.713. The molecular weight excluding hydrogens is 296 g/mol. The number of anilines is 1. The van der Waals surface area contributed by atoms with Gasteiger partial charge in [0.05, 0.1) is 13.7 Å². The molecule has 8 heteroatoms. The third kappa shape index (κ3) is 4.41. The minimum absolute atomic E-state index is 0.0329. The van der Waals surface area contributed by atoms with E-state index in [2.05, 4.69) is 33.1 Å². The van der Waals surface area contributed by atoms with Gasteiger partial charge in [-0.2, -0.15) is 4.68 Å². The van der Waals surface area contributed by atoms with E-state index in [4.69, 9.17) is 4.74 Å². The van der Waals surface area contributed by atoms with Gasteiger partial charge in [-0.1, -0.05) is 13.3 Å². The Hall–Kier alpha value is -2.64. The lowest BCUT2D eigenvalue weighted by atomic mass is 10.2. The summed E-state index contributed by atoms with van der Waals surface area (Å²) in [5.41, 5.74) is 1.51. The molecule has 0 radical (unpaired) electrons. The van der Waals surface area contributed by atoms with Crippen molar-refractivity contribution in [2.24, 2.45) is 0 Å². The van der Waals surface area contributed by atoms with E-state index in [1.165, 1.54) is 0 Å². The molecule has 2 N–H and O–H groups in total. The number of hydrogen-bond acceptors (Lipinski definition) is 6. The van der Waals surface area contributed by atoms with Crippen LogP contribution in [-0.2, 0) is 4.79 Å². The monoisotopic (exact) mass is 318 g/mol. The minimum Gasteiger partial charge on any atom is -0.494 e. The summed E-state index contributed by atoms with van der Waals surface area (Å²) in [6, 6.07) is 5.51. The first-order chi connectivity index (χ1) is 11.2. The predicted molar refractivity (Wildman–Crippen MR) is 86.9 cm³/mol. The summed E-state index contributed by atoms with van der Waals surface area (Å²) >= 11 is 0. The van der Waals surface area contributed by atoms with Gasteiger partial charge in [0.15, 0.2) is 5.82 Å². The van der Waals surface area contributed by atoms with Crippen molar-refractivity contribution in [3.63, 3.8) is 0 Å². The number of nitrogens with zero attached hydrogens (tertiary/aromatic N) is 4. The van der Waals surface area contributed by atoms with Crippen LogP contribution in [0.15, 0.2) is 18.2 Å². The van der Waals surface area contributed by atoms with Gasteiger partial charge in [-0.3, -0.25) is 4.79 Å². The van der Waals surface area contributed by atoms with Crippen LogP contribution >= 0.6 is 0 Å². The van der Waals surface area contributed by atoms with Crippen LogP contribution in [0.4, 0.5) is 5.69 Å². The second-order valence-corrected chi connectivity index (χ2v) is 5.08. The van der Waals surface area contributed by atoms with Crippen LogP contribution in [0, 0.1) is 6.92 Å². The smallest absolute Gasteiger partial charge is 0.239 e. The zero-order valence-corrected chi connectivity index (χ0v) is 13.7. The van der Waals surface area contributed by atoms with Crippen molar-refractivity contribution in [3.05, 3.63) is 24.0 Å². The fourth-order valence-corrected chi connectivity index (χ4v) is 2.07. The molecule has 0 saturated heterocycles. The van der Waals surface area contributed by atoms with Crippen molar-refractivity contribution < 1.29 is 9.53 Å². The molecule has 0 aliphatic carbocycles. The second-order valence-electron chi connectivity index (χ2n) is 5.08. The molecule has 0 bridgehead atoms. The van der Waals surface area contributed by atoms with Gasteiger partial charge < -0.3 is 15.4 Å². The maximum atomic E-state index is 11.7. The van der Waals surface area contributed by atoms with Crippen LogP contribution < -0.4 is 15.4 Å². The third-order valence-electron chi connectivity index (χ3n) is 3.34. The molecule has 1 amide bonds. The Balaban J connectivity index is 2.06. The Morgan fingerprint density at radius 1 is 1.39 bits per heavy atom. The first-order valence-corrected chi connectivity index (χ1v) is 7.59. The van der Waals surface area contributed by atoms with E-state index in [0.717, 1.165) is 18.5 Å². The number of unbranched alkanes of at least 4 members (excludes halogenated alkanes) is 1. The van der Waals surface area contributed by atoms with Gasteiger partial charge in [0.1, 0.15) is 11.4 Å². The largest absolute Gasteiger partial charge is 0.494 e. The Labute approximate surface area is 135 Å². The number of methoxy groups -OCH3 is 1. The highest BCUT2D eigenvalue weighted by Crippen LogP contribution is 2.26. The van der Waals surface area contributed by atoms with E-state index in [1.54, 1.807) is 18.7 Å². The van der Waals surface area contributed by atoms with Crippen LogP contribution in [-0.4, -0.2) is 46.3 Å². The molecule has 124 valence electrons. The first-order valence-electron chi connectivity index (χ1n) is 7.59. The standard InChI is InChI=1S/C15H22N6O2/c1-4-5-8-16-15(22)10-17-12-6-7-14(23-3)13(9-12)21-11(2)18-19-20-21/h6-7,9,17H,4-5,8,10H2,1-3H3,(H,16,22). The van der Waals surface area contributed by atoms with Crippen molar-refractivity contribution in [2.45, 2.75) is 26.7 Å². The lowest BCUT2D eigenvalue weighted by molar-refractivity contribution is -0.119. The zero-order valence-electron chi connectivity index (χ0n) is 13.7. The summed E-state index contributed by atoms with van der Waals surface area (Å²) in [4.78, 5) is 11.7. The Bertz CT molecular complexity index is 655. The Morgan fingerprint density at radius 2 is 2.22 bits per heavy atom. The fourth-order valence-electron chi connectivity index (χ4n) is 2.07. The average Bonchev–Trinajstić information content (AvgIpc) is 2.99. The number of amides is 1. The third-order valence-corrected chi connectivity index (χ3v) is 3.34. The van der Waals surface area contributed by atoms with Crippen molar-refractivity contribution >= 4 is 11.6 Å². The van der Waals surface area contributed by atoms with Crippen molar-refractivity contribution in [1.82, 2.24) is 25.5 Å². The summed E-state index contributed by atoms with van der Waals surface area (Å²) in [7, 11) is 1.59. The molecule has 1 heterocycles.